The second-order valence-electron chi connectivity index (χ2n) is 6.51. The summed E-state index contributed by atoms with van der Waals surface area (Å²) in [6, 6.07) is 12.7. The average molecular weight is 371 g/mol. The van der Waals surface area contributed by atoms with Crippen molar-refractivity contribution < 1.29 is 14.3 Å². The van der Waals surface area contributed by atoms with Gasteiger partial charge in [-0.15, -0.1) is 0 Å². The smallest absolute Gasteiger partial charge is 0.253 e. The van der Waals surface area contributed by atoms with Crippen LogP contribution >= 0.6 is 11.6 Å². The number of carbonyl (C=O) groups is 2. The van der Waals surface area contributed by atoms with Gasteiger partial charge in [-0.2, -0.15) is 0 Å². The molecule has 1 atom stereocenters. The summed E-state index contributed by atoms with van der Waals surface area (Å²) >= 11 is 6.12. The summed E-state index contributed by atoms with van der Waals surface area (Å²) in [6.07, 6.45) is 2.00. The third kappa shape index (κ3) is 3.15. The van der Waals surface area contributed by atoms with Gasteiger partial charge in [0, 0.05) is 30.0 Å². The number of ether oxygens (including phenoxy) is 1. The van der Waals surface area contributed by atoms with E-state index in [1.165, 1.54) is 0 Å². The first-order valence-corrected chi connectivity index (χ1v) is 9.14. The van der Waals surface area contributed by atoms with Gasteiger partial charge < -0.3 is 15.0 Å². The Morgan fingerprint density at radius 2 is 2.08 bits per heavy atom. The Balaban J connectivity index is 1.63. The van der Waals surface area contributed by atoms with E-state index in [9.17, 15) is 9.59 Å². The number of nitrogens with one attached hydrogen (secondary N) is 1. The number of nitrogens with zero attached hydrogens (tertiary/aromatic N) is 1. The van der Waals surface area contributed by atoms with Crippen molar-refractivity contribution >= 4 is 29.1 Å². The van der Waals surface area contributed by atoms with Gasteiger partial charge in [-0.05, 0) is 30.7 Å². The number of fused-ring (bicyclic) bond motifs is 1. The number of para-hydroxylation sites is 1. The van der Waals surface area contributed by atoms with Gasteiger partial charge in [-0.3, -0.25) is 9.59 Å². The Bertz CT molecular complexity index is 868. The molecule has 6 heteroatoms. The first kappa shape index (κ1) is 16.9. The molecule has 0 aliphatic carbocycles. The first-order valence-electron chi connectivity index (χ1n) is 8.76. The molecule has 2 aliphatic heterocycles. The van der Waals surface area contributed by atoms with Crippen molar-refractivity contribution in [1.82, 2.24) is 5.32 Å². The normalized spacial score (nSPS) is 19.0. The summed E-state index contributed by atoms with van der Waals surface area (Å²) in [5.41, 5.74) is 2.02. The van der Waals surface area contributed by atoms with Crippen LogP contribution in [0.15, 0.2) is 42.5 Å². The lowest BCUT2D eigenvalue weighted by Gasteiger charge is -2.27. The predicted octanol–water partition coefficient (Wildman–Crippen LogP) is 3.72. The number of hydrogen-bond donors (Lipinski definition) is 1. The zero-order valence-corrected chi connectivity index (χ0v) is 15.0. The fourth-order valence-electron chi connectivity index (χ4n) is 3.55. The van der Waals surface area contributed by atoms with Crippen molar-refractivity contribution in [2.24, 2.45) is 0 Å². The summed E-state index contributed by atoms with van der Waals surface area (Å²) < 4.78 is 5.65. The summed E-state index contributed by atoms with van der Waals surface area (Å²) in [6.45, 7) is 1.17. The van der Waals surface area contributed by atoms with Crippen LogP contribution in [0.4, 0.5) is 5.69 Å². The highest BCUT2D eigenvalue weighted by molar-refractivity contribution is 6.31. The van der Waals surface area contributed by atoms with E-state index in [4.69, 9.17) is 16.3 Å². The lowest BCUT2D eigenvalue weighted by atomic mass is 10.00. The summed E-state index contributed by atoms with van der Waals surface area (Å²) in [4.78, 5) is 26.8. The highest BCUT2D eigenvalue weighted by atomic mass is 35.5. The van der Waals surface area contributed by atoms with Crippen molar-refractivity contribution in [3.05, 3.63) is 58.6 Å². The third-order valence-corrected chi connectivity index (χ3v) is 5.07. The molecule has 0 saturated carbocycles. The topological polar surface area (TPSA) is 58.6 Å². The number of benzene rings is 2. The molecule has 134 valence electrons. The zero-order valence-electron chi connectivity index (χ0n) is 14.2. The van der Waals surface area contributed by atoms with Crippen LogP contribution in [0, 0.1) is 0 Å². The Morgan fingerprint density at radius 1 is 1.23 bits per heavy atom. The maximum atomic E-state index is 13.0. The molecule has 2 aliphatic rings. The van der Waals surface area contributed by atoms with Crippen molar-refractivity contribution in [3.8, 4) is 5.75 Å². The maximum absolute atomic E-state index is 13.0. The number of carbonyl (C=O) groups excluding carboxylic acids is 2. The van der Waals surface area contributed by atoms with Gasteiger partial charge in [-0.25, -0.2) is 0 Å². The van der Waals surface area contributed by atoms with Gasteiger partial charge in [-0.1, -0.05) is 29.8 Å². The van der Waals surface area contributed by atoms with E-state index >= 15 is 0 Å². The summed E-state index contributed by atoms with van der Waals surface area (Å²) in [5.74, 6) is 0.617. The molecule has 4 rings (SSSR count). The molecular formula is C20H19ClN2O3. The van der Waals surface area contributed by atoms with Crippen LogP contribution in [0.3, 0.4) is 0 Å². The van der Waals surface area contributed by atoms with Gasteiger partial charge in [0.15, 0.2) is 0 Å². The fourth-order valence-corrected chi connectivity index (χ4v) is 3.72. The minimum Gasteiger partial charge on any atom is -0.493 e. The Kier molecular flexibility index (Phi) is 4.55. The number of rotatable bonds is 3. The number of hydrogen-bond acceptors (Lipinski definition) is 3. The van der Waals surface area contributed by atoms with E-state index in [0.29, 0.717) is 42.3 Å². The lowest BCUT2D eigenvalue weighted by Crippen LogP contribution is -2.34. The SMILES string of the molecule is O=C(N[C@H]1CCOc2ccccc21)c1ccc(Cl)cc1N1CCCC1=O. The number of anilines is 1. The number of halogens is 1. The van der Waals surface area contributed by atoms with Gasteiger partial charge in [0.25, 0.3) is 5.91 Å². The molecule has 2 heterocycles. The van der Waals surface area contributed by atoms with Crippen LogP contribution < -0.4 is 15.0 Å². The molecule has 1 saturated heterocycles. The van der Waals surface area contributed by atoms with Crippen molar-refractivity contribution in [2.45, 2.75) is 25.3 Å². The largest absolute Gasteiger partial charge is 0.493 e. The Labute approximate surface area is 156 Å². The van der Waals surface area contributed by atoms with Crippen LogP contribution in [0.25, 0.3) is 0 Å². The highest BCUT2D eigenvalue weighted by Crippen LogP contribution is 2.33. The van der Waals surface area contributed by atoms with E-state index in [2.05, 4.69) is 5.32 Å². The fraction of sp³-hybridized carbons (Fsp3) is 0.300. The number of amides is 2. The van der Waals surface area contributed by atoms with Crippen LogP contribution in [0.1, 0.15) is 41.2 Å². The first-order chi connectivity index (χ1) is 12.6. The molecule has 2 aromatic rings. The van der Waals surface area contributed by atoms with Gasteiger partial charge >= 0.3 is 0 Å². The Hall–Kier alpha value is -2.53. The molecular weight excluding hydrogens is 352 g/mol. The quantitative estimate of drug-likeness (QED) is 0.895. The summed E-state index contributed by atoms with van der Waals surface area (Å²) in [5, 5.41) is 3.60. The van der Waals surface area contributed by atoms with E-state index in [1.54, 1.807) is 23.1 Å². The molecule has 26 heavy (non-hydrogen) atoms. The Morgan fingerprint density at radius 3 is 2.88 bits per heavy atom. The predicted molar refractivity (Wildman–Crippen MR) is 99.8 cm³/mol. The average Bonchev–Trinajstić information content (AvgIpc) is 3.07. The van der Waals surface area contributed by atoms with Crippen LogP contribution in [-0.4, -0.2) is 25.0 Å². The zero-order chi connectivity index (χ0) is 18.1. The van der Waals surface area contributed by atoms with Crippen molar-refractivity contribution in [1.29, 1.82) is 0 Å². The molecule has 1 fully saturated rings. The molecule has 2 amide bonds. The minimum atomic E-state index is -0.210. The highest BCUT2D eigenvalue weighted by Gasteiger charge is 2.28. The van der Waals surface area contributed by atoms with Crippen LogP contribution in [-0.2, 0) is 4.79 Å². The maximum Gasteiger partial charge on any atom is 0.253 e. The van der Waals surface area contributed by atoms with E-state index in [1.807, 2.05) is 24.3 Å². The molecule has 0 aromatic heterocycles. The van der Waals surface area contributed by atoms with Gasteiger partial charge in [0.05, 0.1) is 23.9 Å². The molecule has 0 radical (unpaired) electrons. The molecule has 2 aromatic carbocycles. The molecule has 5 nitrogen and oxygen atoms in total. The van der Waals surface area contributed by atoms with E-state index in [-0.39, 0.29) is 17.9 Å². The van der Waals surface area contributed by atoms with Crippen LogP contribution in [0.5, 0.6) is 5.75 Å². The molecule has 0 unspecified atom stereocenters. The standard InChI is InChI=1S/C20H19ClN2O3/c21-13-7-8-15(17(12-13)23-10-3-6-19(23)24)20(25)22-16-9-11-26-18-5-2-1-4-14(16)18/h1-2,4-5,7-8,12,16H,3,6,9-11H2,(H,22,25)/t16-/m0/s1. The molecule has 1 N–H and O–H groups in total. The minimum absolute atomic E-state index is 0.0257. The van der Waals surface area contributed by atoms with Crippen molar-refractivity contribution in [3.63, 3.8) is 0 Å². The second kappa shape index (κ2) is 7.00. The second-order valence-corrected chi connectivity index (χ2v) is 6.95. The van der Waals surface area contributed by atoms with Gasteiger partial charge in [0.2, 0.25) is 5.91 Å². The van der Waals surface area contributed by atoms with Gasteiger partial charge in [0.1, 0.15) is 5.75 Å². The third-order valence-electron chi connectivity index (χ3n) is 4.83. The lowest BCUT2D eigenvalue weighted by molar-refractivity contribution is -0.117. The molecule has 0 bridgehead atoms. The molecule has 0 spiro atoms. The monoisotopic (exact) mass is 370 g/mol. The van der Waals surface area contributed by atoms with Crippen LogP contribution in [0.2, 0.25) is 5.02 Å². The van der Waals surface area contributed by atoms with E-state index in [0.717, 1.165) is 17.7 Å². The van der Waals surface area contributed by atoms with E-state index < -0.39 is 0 Å². The summed E-state index contributed by atoms with van der Waals surface area (Å²) in [7, 11) is 0. The van der Waals surface area contributed by atoms with Crippen molar-refractivity contribution in [2.75, 3.05) is 18.1 Å².